The lowest BCUT2D eigenvalue weighted by Gasteiger charge is -2.37. The summed E-state index contributed by atoms with van der Waals surface area (Å²) in [6, 6.07) is 6.64. The number of nitrogens with zero attached hydrogens (tertiary/aromatic N) is 1. The number of likely N-dealkylation sites (tertiary alicyclic amines) is 1. The molecule has 3 fully saturated rings. The predicted molar refractivity (Wildman–Crippen MR) is 118 cm³/mol. The number of hydrogen-bond donors (Lipinski definition) is 0. The van der Waals surface area contributed by atoms with Gasteiger partial charge in [0.25, 0.3) is 0 Å². The fourth-order valence-electron chi connectivity index (χ4n) is 6.03. The molecule has 4 aliphatic carbocycles. The molecular formula is C26H29NO6. The number of methoxy groups -OCH3 is 1. The SMILES string of the molecule is COc1ccc(C(=O)COC(=O)CCCCCN2C(=O)[C@@H]3[C@H]4C=C[C@@H]([C@@H]5C[C@@H]45)[C@H]3C2=O)cc1. The summed E-state index contributed by atoms with van der Waals surface area (Å²) in [6.45, 7) is 0.132. The van der Waals surface area contributed by atoms with E-state index in [2.05, 4.69) is 12.2 Å². The summed E-state index contributed by atoms with van der Waals surface area (Å²) in [6.07, 6.45) is 7.71. The number of Topliss-reactive ketones (excluding diaryl/α,β-unsaturated/α-hetero) is 1. The highest BCUT2D eigenvalue weighted by Gasteiger charge is 2.66. The van der Waals surface area contributed by atoms with Crippen LogP contribution in [0.1, 0.15) is 42.5 Å². The third kappa shape index (κ3) is 3.98. The highest BCUT2D eigenvalue weighted by Crippen LogP contribution is 2.65. The van der Waals surface area contributed by atoms with E-state index in [4.69, 9.17) is 9.47 Å². The van der Waals surface area contributed by atoms with E-state index in [1.54, 1.807) is 31.4 Å². The average Bonchev–Trinajstić information content (AvgIpc) is 3.62. The molecule has 174 valence electrons. The van der Waals surface area contributed by atoms with E-state index in [-0.39, 0.29) is 54.3 Å². The molecule has 0 spiro atoms. The summed E-state index contributed by atoms with van der Waals surface area (Å²) in [4.78, 5) is 51.4. The van der Waals surface area contributed by atoms with Crippen LogP contribution < -0.4 is 4.74 Å². The Balaban J connectivity index is 1.01. The van der Waals surface area contributed by atoms with E-state index in [9.17, 15) is 19.2 Å². The largest absolute Gasteiger partial charge is 0.497 e. The van der Waals surface area contributed by atoms with Gasteiger partial charge in [0.1, 0.15) is 5.75 Å². The first-order valence-corrected chi connectivity index (χ1v) is 11.9. The molecule has 2 amide bonds. The van der Waals surface area contributed by atoms with Crippen molar-refractivity contribution in [2.75, 3.05) is 20.3 Å². The lowest BCUT2D eigenvalue weighted by Crippen LogP contribution is -2.40. The van der Waals surface area contributed by atoms with Gasteiger partial charge < -0.3 is 9.47 Å². The number of ketones is 1. The number of allylic oxidation sites excluding steroid dienone is 2. The smallest absolute Gasteiger partial charge is 0.306 e. The monoisotopic (exact) mass is 451 g/mol. The number of hydrogen-bond acceptors (Lipinski definition) is 6. The highest BCUT2D eigenvalue weighted by atomic mass is 16.5. The van der Waals surface area contributed by atoms with Crippen LogP contribution in [0.15, 0.2) is 36.4 Å². The third-order valence-corrected chi connectivity index (χ3v) is 7.79. The van der Waals surface area contributed by atoms with E-state index in [0.29, 0.717) is 49.0 Å². The number of amides is 2. The van der Waals surface area contributed by atoms with Crippen molar-refractivity contribution in [2.24, 2.45) is 35.5 Å². The van der Waals surface area contributed by atoms with Gasteiger partial charge in [-0.15, -0.1) is 0 Å². The fourth-order valence-corrected chi connectivity index (χ4v) is 6.03. The Kier molecular flexibility index (Phi) is 5.81. The number of rotatable bonds is 10. The van der Waals surface area contributed by atoms with Gasteiger partial charge in [-0.05, 0) is 67.2 Å². The zero-order valence-corrected chi connectivity index (χ0v) is 18.8. The van der Waals surface area contributed by atoms with Gasteiger partial charge in [-0.1, -0.05) is 18.6 Å². The lowest BCUT2D eigenvalue weighted by molar-refractivity contribution is -0.143. The van der Waals surface area contributed by atoms with Crippen LogP contribution in [-0.2, 0) is 19.1 Å². The molecule has 1 aromatic carbocycles. The van der Waals surface area contributed by atoms with Crippen molar-refractivity contribution in [2.45, 2.75) is 32.1 Å². The Hall–Kier alpha value is -2.96. The second-order valence-corrected chi connectivity index (χ2v) is 9.61. The zero-order chi connectivity index (χ0) is 23.1. The van der Waals surface area contributed by atoms with E-state index in [0.717, 1.165) is 6.42 Å². The summed E-state index contributed by atoms with van der Waals surface area (Å²) in [5, 5.41) is 0. The molecule has 6 rings (SSSR count). The summed E-state index contributed by atoms with van der Waals surface area (Å²) in [7, 11) is 1.55. The first kappa shape index (κ1) is 21.9. The first-order chi connectivity index (χ1) is 16.0. The normalized spacial score (nSPS) is 30.8. The number of benzene rings is 1. The Labute approximate surface area is 193 Å². The minimum Gasteiger partial charge on any atom is -0.497 e. The summed E-state index contributed by atoms with van der Waals surface area (Å²) in [5.74, 6) is 1.42. The molecule has 1 aromatic rings. The fraction of sp³-hybridized carbons (Fsp3) is 0.538. The Morgan fingerprint density at radius 1 is 0.939 bits per heavy atom. The molecule has 7 nitrogen and oxygen atoms in total. The Bertz CT molecular complexity index is 963. The van der Waals surface area contributed by atoms with Gasteiger partial charge in [-0.3, -0.25) is 24.1 Å². The molecule has 0 unspecified atom stereocenters. The minimum absolute atomic E-state index is 0.00570. The number of esters is 1. The molecule has 0 radical (unpaired) electrons. The molecule has 7 heteroatoms. The maximum atomic E-state index is 12.9. The van der Waals surface area contributed by atoms with Crippen LogP contribution in [0, 0.1) is 35.5 Å². The molecule has 2 bridgehead atoms. The van der Waals surface area contributed by atoms with Crippen molar-refractivity contribution in [1.29, 1.82) is 0 Å². The predicted octanol–water partition coefficient (Wildman–Crippen LogP) is 3.03. The van der Waals surface area contributed by atoms with Crippen LogP contribution in [0.3, 0.4) is 0 Å². The number of ether oxygens (including phenoxy) is 2. The molecule has 2 saturated carbocycles. The van der Waals surface area contributed by atoms with Crippen molar-refractivity contribution in [1.82, 2.24) is 4.90 Å². The van der Waals surface area contributed by atoms with Gasteiger partial charge >= 0.3 is 5.97 Å². The molecule has 33 heavy (non-hydrogen) atoms. The van der Waals surface area contributed by atoms with E-state index >= 15 is 0 Å². The van der Waals surface area contributed by atoms with Gasteiger partial charge in [0.05, 0.1) is 18.9 Å². The zero-order valence-electron chi connectivity index (χ0n) is 18.8. The quantitative estimate of drug-likeness (QED) is 0.179. The standard InChI is InChI=1S/C26H29NO6/c1-32-16-8-6-15(7-9-16)21(28)14-33-22(29)5-3-2-4-12-27-25(30)23-17-10-11-18(20-13-19(17)20)24(23)26(27)31/h6-11,17-20,23-24H,2-5,12-14H2,1H3/t17-,18-,19-,20-,23+,24+/m0/s1. The molecule has 1 heterocycles. The highest BCUT2D eigenvalue weighted by molar-refractivity contribution is 6.06. The van der Waals surface area contributed by atoms with Crippen LogP contribution in [0.4, 0.5) is 0 Å². The maximum Gasteiger partial charge on any atom is 0.306 e. The Morgan fingerprint density at radius 2 is 1.58 bits per heavy atom. The van der Waals surface area contributed by atoms with Crippen LogP contribution >= 0.6 is 0 Å². The van der Waals surface area contributed by atoms with Gasteiger partial charge in [0, 0.05) is 18.5 Å². The van der Waals surface area contributed by atoms with Gasteiger partial charge in [-0.2, -0.15) is 0 Å². The van der Waals surface area contributed by atoms with Crippen LogP contribution in [0.5, 0.6) is 5.75 Å². The van der Waals surface area contributed by atoms with Gasteiger partial charge in [0.2, 0.25) is 11.8 Å². The van der Waals surface area contributed by atoms with Crippen molar-refractivity contribution >= 4 is 23.6 Å². The van der Waals surface area contributed by atoms with Crippen molar-refractivity contribution in [3.8, 4) is 5.75 Å². The van der Waals surface area contributed by atoms with Crippen molar-refractivity contribution in [3.05, 3.63) is 42.0 Å². The summed E-state index contributed by atoms with van der Waals surface area (Å²) >= 11 is 0. The molecule has 5 aliphatic rings. The number of carbonyl (C=O) groups is 4. The summed E-state index contributed by atoms with van der Waals surface area (Å²) < 4.78 is 10.2. The maximum absolute atomic E-state index is 12.9. The third-order valence-electron chi connectivity index (χ3n) is 7.79. The minimum atomic E-state index is -0.418. The molecule has 0 N–H and O–H groups in total. The first-order valence-electron chi connectivity index (χ1n) is 11.9. The molecule has 6 atom stereocenters. The van der Waals surface area contributed by atoms with E-state index in [1.165, 1.54) is 4.90 Å². The number of imide groups is 1. The topological polar surface area (TPSA) is 90.0 Å². The van der Waals surface area contributed by atoms with Crippen LogP contribution in [0.2, 0.25) is 0 Å². The Morgan fingerprint density at radius 3 is 2.18 bits per heavy atom. The van der Waals surface area contributed by atoms with E-state index < -0.39 is 5.97 Å². The van der Waals surface area contributed by atoms with Gasteiger partial charge in [-0.25, -0.2) is 0 Å². The molecular weight excluding hydrogens is 422 g/mol. The van der Waals surface area contributed by atoms with Crippen LogP contribution in [0.25, 0.3) is 0 Å². The van der Waals surface area contributed by atoms with Crippen LogP contribution in [-0.4, -0.2) is 48.7 Å². The molecule has 0 aromatic heterocycles. The van der Waals surface area contributed by atoms with Gasteiger partial charge in [0.15, 0.2) is 12.4 Å². The van der Waals surface area contributed by atoms with Crippen molar-refractivity contribution in [3.63, 3.8) is 0 Å². The average molecular weight is 452 g/mol. The summed E-state index contributed by atoms with van der Waals surface area (Å²) in [5.41, 5.74) is 0.463. The van der Waals surface area contributed by atoms with E-state index in [1.807, 2.05) is 0 Å². The van der Waals surface area contributed by atoms with Crippen molar-refractivity contribution < 1.29 is 28.7 Å². The second kappa shape index (κ2) is 8.76. The number of carbonyl (C=O) groups excluding carboxylic acids is 4. The molecule has 1 aliphatic heterocycles. The molecule has 1 saturated heterocycles. The lowest BCUT2D eigenvalue weighted by atomic mass is 9.63. The number of unbranched alkanes of at least 4 members (excludes halogenated alkanes) is 2. The second-order valence-electron chi connectivity index (χ2n) is 9.61.